The summed E-state index contributed by atoms with van der Waals surface area (Å²) in [5.74, 6) is -0.782. The highest BCUT2D eigenvalue weighted by Gasteiger charge is 2.51. The second-order valence-corrected chi connectivity index (χ2v) is 9.75. The summed E-state index contributed by atoms with van der Waals surface area (Å²) < 4.78 is 22.8. The number of hydrogen-bond acceptors (Lipinski definition) is 15. The van der Waals surface area contributed by atoms with Crippen LogP contribution in [0.1, 0.15) is 19.3 Å². The van der Waals surface area contributed by atoms with Crippen LogP contribution in [-0.4, -0.2) is 142 Å². The molecule has 37 heavy (non-hydrogen) atoms. The van der Waals surface area contributed by atoms with Crippen molar-refractivity contribution >= 4 is 5.91 Å². The van der Waals surface area contributed by atoms with Crippen LogP contribution in [0.5, 0.6) is 0 Å². The van der Waals surface area contributed by atoms with Crippen molar-refractivity contribution in [2.24, 2.45) is 22.9 Å². The molecule has 0 aromatic carbocycles. The number of nitrogens with one attached hydrogen (secondary N) is 1. The van der Waals surface area contributed by atoms with Crippen LogP contribution in [-0.2, 0) is 23.7 Å². The van der Waals surface area contributed by atoms with Gasteiger partial charge in [-0.15, -0.1) is 0 Å². The quantitative estimate of drug-likeness (QED) is 0.123. The maximum absolute atomic E-state index is 12.5. The molecule has 3 fully saturated rings. The fraction of sp³-hybridized carbons (Fsp3) is 0.952. The second kappa shape index (κ2) is 13.3. The Balaban J connectivity index is 1.80. The first-order chi connectivity index (χ1) is 17.5. The molecular formula is C21H41N5O11. The standard InChI is InChI=1S/C21H41N5O11/c22-2-1-10(28)19(33)26-9-4-8(24)17(36-20-13(25)11(29)3-7(5-23)34-20)16(32)18(9)37-21-15(31)14(30)12(6-27)35-21/h7-18,20-21,27-32H,1-6,22-25H2,(H,26,33)/t7-,8+,9-,10+,11-,12-,13-,14+,15+,16+,17-,18+,20-,21-/m1/s1. The monoisotopic (exact) mass is 539 g/mol. The Morgan fingerprint density at radius 1 is 0.973 bits per heavy atom. The third kappa shape index (κ3) is 6.92. The number of carbonyl (C=O) groups excluding carboxylic acids is 1. The molecule has 3 aliphatic rings. The molecule has 0 unspecified atom stereocenters. The molecule has 0 radical (unpaired) electrons. The van der Waals surface area contributed by atoms with Gasteiger partial charge in [-0.1, -0.05) is 0 Å². The molecule has 1 amide bonds. The van der Waals surface area contributed by atoms with Gasteiger partial charge in [-0.3, -0.25) is 4.79 Å². The number of nitrogens with two attached hydrogens (primary N) is 4. The van der Waals surface area contributed by atoms with Gasteiger partial charge in [-0.05, 0) is 19.4 Å². The average molecular weight is 540 g/mol. The van der Waals surface area contributed by atoms with E-state index in [9.17, 15) is 35.4 Å². The van der Waals surface area contributed by atoms with Crippen LogP contribution in [0.3, 0.4) is 0 Å². The van der Waals surface area contributed by atoms with E-state index in [4.69, 9.17) is 41.9 Å². The number of aliphatic hydroxyl groups excluding tert-OH is 6. The van der Waals surface area contributed by atoms with E-state index < -0.39 is 98.2 Å². The summed E-state index contributed by atoms with van der Waals surface area (Å²) >= 11 is 0. The molecule has 14 atom stereocenters. The Morgan fingerprint density at radius 2 is 1.65 bits per heavy atom. The first-order valence-electron chi connectivity index (χ1n) is 12.4. The summed E-state index contributed by atoms with van der Waals surface area (Å²) in [6.07, 6.45) is -13.7. The zero-order valence-corrected chi connectivity index (χ0v) is 20.4. The molecule has 3 rings (SSSR count). The van der Waals surface area contributed by atoms with Gasteiger partial charge < -0.3 is 77.8 Å². The maximum atomic E-state index is 12.5. The molecule has 16 nitrogen and oxygen atoms in total. The van der Waals surface area contributed by atoms with Crippen LogP contribution in [0.4, 0.5) is 0 Å². The summed E-state index contributed by atoms with van der Waals surface area (Å²) in [6, 6.07) is -2.86. The molecule has 1 aliphatic carbocycles. The van der Waals surface area contributed by atoms with E-state index in [1.54, 1.807) is 0 Å². The number of rotatable bonds is 10. The van der Waals surface area contributed by atoms with Crippen molar-refractivity contribution in [2.45, 2.75) is 105 Å². The van der Waals surface area contributed by atoms with Gasteiger partial charge in [0.15, 0.2) is 12.6 Å². The van der Waals surface area contributed by atoms with Crippen molar-refractivity contribution in [1.29, 1.82) is 0 Å². The minimum absolute atomic E-state index is 0.0131. The first kappa shape index (κ1) is 30.5. The molecule has 15 N–H and O–H groups in total. The first-order valence-corrected chi connectivity index (χ1v) is 12.4. The summed E-state index contributed by atoms with van der Waals surface area (Å²) in [5, 5.41) is 63.9. The number of hydrogen-bond donors (Lipinski definition) is 11. The SMILES string of the molecule is NCC[C@H](O)C(=O)N[C@@H]1C[C@H](N)[C@@H](O[C@H]2O[C@@H](CN)C[C@@H](O)[C@H]2N)[C@H](O)[C@H]1O[C@H]1O[C@H](CO)[C@H](O)[C@@H]1O. The van der Waals surface area contributed by atoms with Gasteiger partial charge in [0.25, 0.3) is 0 Å². The van der Waals surface area contributed by atoms with Gasteiger partial charge in [0.1, 0.15) is 42.7 Å². The molecule has 0 aromatic rings. The van der Waals surface area contributed by atoms with Crippen LogP contribution < -0.4 is 28.3 Å². The van der Waals surface area contributed by atoms with Crippen molar-refractivity contribution < 1.29 is 54.4 Å². The lowest BCUT2D eigenvalue weighted by Crippen LogP contribution is -2.67. The Morgan fingerprint density at radius 3 is 2.24 bits per heavy atom. The highest BCUT2D eigenvalue weighted by Crippen LogP contribution is 2.32. The van der Waals surface area contributed by atoms with Crippen molar-refractivity contribution in [3.63, 3.8) is 0 Å². The average Bonchev–Trinajstić information content (AvgIpc) is 3.14. The van der Waals surface area contributed by atoms with Crippen molar-refractivity contribution in [2.75, 3.05) is 19.7 Å². The largest absolute Gasteiger partial charge is 0.394 e. The molecule has 2 saturated heterocycles. The smallest absolute Gasteiger partial charge is 0.249 e. The number of amides is 1. The number of carbonyl (C=O) groups is 1. The van der Waals surface area contributed by atoms with Gasteiger partial charge >= 0.3 is 0 Å². The maximum Gasteiger partial charge on any atom is 0.249 e. The minimum atomic E-state index is -1.57. The summed E-state index contributed by atoms with van der Waals surface area (Å²) in [5.41, 5.74) is 23.4. The normalized spacial score (nSPS) is 45.5. The van der Waals surface area contributed by atoms with E-state index >= 15 is 0 Å². The third-order valence-electron chi connectivity index (χ3n) is 7.02. The van der Waals surface area contributed by atoms with E-state index in [2.05, 4.69) is 5.32 Å². The fourth-order valence-corrected chi connectivity index (χ4v) is 4.81. The molecule has 1 saturated carbocycles. The number of ether oxygens (including phenoxy) is 4. The molecule has 0 aromatic heterocycles. The summed E-state index contributed by atoms with van der Waals surface area (Å²) in [4.78, 5) is 12.5. The van der Waals surface area contributed by atoms with Gasteiger partial charge in [0.2, 0.25) is 5.91 Å². The zero-order valence-electron chi connectivity index (χ0n) is 20.4. The predicted octanol–water partition coefficient (Wildman–Crippen LogP) is -6.76. The van der Waals surface area contributed by atoms with Crippen LogP contribution in [0.15, 0.2) is 0 Å². The van der Waals surface area contributed by atoms with Gasteiger partial charge in [0, 0.05) is 19.0 Å². The summed E-state index contributed by atoms with van der Waals surface area (Å²) in [6.45, 7) is -0.453. The predicted molar refractivity (Wildman–Crippen MR) is 124 cm³/mol. The zero-order chi connectivity index (χ0) is 27.4. The summed E-state index contributed by atoms with van der Waals surface area (Å²) in [7, 11) is 0. The highest BCUT2D eigenvalue weighted by molar-refractivity contribution is 5.80. The molecule has 0 spiro atoms. The Kier molecular flexibility index (Phi) is 11.0. The molecule has 2 heterocycles. The highest BCUT2D eigenvalue weighted by atomic mass is 16.7. The minimum Gasteiger partial charge on any atom is -0.394 e. The Bertz CT molecular complexity index is 741. The van der Waals surface area contributed by atoms with E-state index in [0.29, 0.717) is 0 Å². The van der Waals surface area contributed by atoms with E-state index in [-0.39, 0.29) is 32.4 Å². The van der Waals surface area contributed by atoms with Crippen LogP contribution in [0.2, 0.25) is 0 Å². The lowest BCUT2D eigenvalue weighted by molar-refractivity contribution is -0.283. The van der Waals surface area contributed by atoms with Crippen LogP contribution >= 0.6 is 0 Å². The van der Waals surface area contributed by atoms with Crippen molar-refractivity contribution in [1.82, 2.24) is 5.32 Å². The molecule has 216 valence electrons. The third-order valence-corrected chi connectivity index (χ3v) is 7.02. The fourth-order valence-electron chi connectivity index (χ4n) is 4.81. The van der Waals surface area contributed by atoms with Gasteiger partial charge in [-0.2, -0.15) is 0 Å². The molecule has 2 aliphatic heterocycles. The lowest BCUT2D eigenvalue weighted by atomic mass is 9.83. The Hall–Kier alpha value is -1.09. The number of aliphatic hydroxyl groups is 6. The van der Waals surface area contributed by atoms with Crippen LogP contribution in [0, 0.1) is 0 Å². The van der Waals surface area contributed by atoms with Gasteiger partial charge in [-0.25, -0.2) is 0 Å². The van der Waals surface area contributed by atoms with Crippen molar-refractivity contribution in [3.05, 3.63) is 0 Å². The van der Waals surface area contributed by atoms with E-state index in [1.165, 1.54) is 0 Å². The topological polar surface area (TPSA) is 291 Å². The van der Waals surface area contributed by atoms with Crippen LogP contribution in [0.25, 0.3) is 0 Å². The molecule has 16 heteroatoms. The lowest BCUT2D eigenvalue weighted by Gasteiger charge is -2.47. The van der Waals surface area contributed by atoms with Crippen molar-refractivity contribution in [3.8, 4) is 0 Å². The van der Waals surface area contributed by atoms with E-state index in [0.717, 1.165) is 0 Å². The second-order valence-electron chi connectivity index (χ2n) is 9.75. The Labute approximate surface area is 213 Å². The molecular weight excluding hydrogens is 498 g/mol. The molecule has 0 bridgehead atoms. The van der Waals surface area contributed by atoms with E-state index in [1.807, 2.05) is 0 Å². The van der Waals surface area contributed by atoms with Gasteiger partial charge in [0.05, 0.1) is 30.9 Å².